The lowest BCUT2D eigenvalue weighted by Crippen LogP contribution is -2.38. The molecule has 0 fully saturated rings. The van der Waals surface area contributed by atoms with E-state index in [0.29, 0.717) is 0 Å². The first kappa shape index (κ1) is 13.2. The Morgan fingerprint density at radius 2 is 1.20 bits per heavy atom. The van der Waals surface area contributed by atoms with Crippen molar-refractivity contribution in [1.82, 2.24) is 0 Å². The molecule has 3 nitrogen and oxygen atoms in total. The predicted octanol–water partition coefficient (Wildman–Crippen LogP) is -0.000100. The van der Waals surface area contributed by atoms with E-state index in [2.05, 4.69) is 0 Å². The van der Waals surface area contributed by atoms with Gasteiger partial charge in [-0.25, -0.2) is 0 Å². The van der Waals surface area contributed by atoms with E-state index in [9.17, 15) is 0 Å². The van der Waals surface area contributed by atoms with Gasteiger partial charge < -0.3 is 13.3 Å². The zero-order valence-corrected chi connectivity index (χ0v) is 10.9. The van der Waals surface area contributed by atoms with Crippen LogP contribution in [0.4, 0.5) is 0 Å². The van der Waals surface area contributed by atoms with Crippen LogP contribution in [0.15, 0.2) is 0 Å². The smallest absolute Gasteiger partial charge is 0.377 e. The molecule has 0 aliphatic rings. The summed E-state index contributed by atoms with van der Waals surface area (Å²) in [6.07, 6.45) is 0. The van der Waals surface area contributed by atoms with Crippen LogP contribution in [0.1, 0.15) is 0 Å². The van der Waals surface area contributed by atoms with Crippen molar-refractivity contribution in [3.8, 4) is 0 Å². The van der Waals surface area contributed by atoms with Crippen molar-refractivity contribution >= 4 is 29.4 Å². The van der Waals surface area contributed by atoms with Crippen molar-refractivity contribution in [2.75, 3.05) is 21.3 Å². The van der Waals surface area contributed by atoms with Crippen LogP contribution in [0.3, 0.4) is 0 Å². The Hall–Kier alpha value is 0.604. The molecule has 6 heteroatoms. The Balaban J connectivity index is 0. The topological polar surface area (TPSA) is 27.7 Å². The third-order valence-corrected chi connectivity index (χ3v) is 3.34. The van der Waals surface area contributed by atoms with Crippen LogP contribution in [-0.2, 0) is 13.3 Å². The predicted molar refractivity (Wildman–Crippen MR) is 48.4 cm³/mol. The molecule has 0 unspecified atom stereocenters. The summed E-state index contributed by atoms with van der Waals surface area (Å²) >= 11 is 4.78. The molecule has 0 aromatic heterocycles. The molecule has 0 bridgehead atoms. The molecule has 0 aromatic carbocycles. The Morgan fingerprint density at radius 1 is 1.00 bits per heavy atom. The molecule has 0 saturated carbocycles. The van der Waals surface area contributed by atoms with Crippen molar-refractivity contribution in [1.29, 1.82) is 0 Å². The molecule has 0 aliphatic heterocycles. The van der Waals surface area contributed by atoms with Crippen molar-refractivity contribution in [2.45, 2.75) is 6.55 Å². The van der Waals surface area contributed by atoms with Gasteiger partial charge >= 0.3 is 8.80 Å². The number of hydrogen-bond acceptors (Lipinski definition) is 3. The van der Waals surface area contributed by atoms with Crippen molar-refractivity contribution in [3.05, 3.63) is 0 Å². The first-order valence-corrected chi connectivity index (χ1v) is 7.96. The molecule has 0 radical (unpaired) electrons. The van der Waals surface area contributed by atoms with Crippen LogP contribution in [-0.4, -0.2) is 39.7 Å². The average molecular weight is 203 g/mol. The lowest BCUT2D eigenvalue weighted by atomic mass is 11.8. The van der Waals surface area contributed by atoms with Gasteiger partial charge in [0.25, 0.3) is 0 Å². The minimum atomic E-state index is -2.17. The van der Waals surface area contributed by atoms with E-state index in [4.69, 9.17) is 24.4 Å². The molecule has 0 aromatic rings. The molecular formula is C4H15ClO3Si2. The fourth-order valence-electron chi connectivity index (χ4n) is 0.250. The van der Waals surface area contributed by atoms with Gasteiger partial charge in [-0.05, 0) is 0 Å². The van der Waals surface area contributed by atoms with Gasteiger partial charge in [0, 0.05) is 27.9 Å². The molecule has 10 heavy (non-hydrogen) atoms. The fourth-order valence-corrected chi connectivity index (χ4v) is 0.750. The molecular weight excluding hydrogens is 188 g/mol. The summed E-state index contributed by atoms with van der Waals surface area (Å²) in [5, 5.41) is 0. The SMILES string of the molecule is CO[Si](C)(OC)OC.[SiH3]Cl. The van der Waals surface area contributed by atoms with E-state index in [1.165, 1.54) is 0 Å². The van der Waals surface area contributed by atoms with Gasteiger partial charge in [-0.15, -0.1) is 0 Å². The van der Waals surface area contributed by atoms with Gasteiger partial charge in [0.05, 0.1) is 0 Å². The van der Waals surface area contributed by atoms with Gasteiger partial charge in [-0.3, -0.25) is 0 Å². The van der Waals surface area contributed by atoms with Crippen LogP contribution in [0, 0.1) is 0 Å². The first-order valence-electron chi connectivity index (χ1n) is 2.72. The summed E-state index contributed by atoms with van der Waals surface area (Å²) < 4.78 is 14.8. The number of hydrogen-bond donors (Lipinski definition) is 0. The van der Waals surface area contributed by atoms with Crippen LogP contribution >= 0.6 is 11.1 Å². The van der Waals surface area contributed by atoms with Crippen molar-refractivity contribution in [3.63, 3.8) is 0 Å². The minimum absolute atomic E-state index is 0.778. The lowest BCUT2D eigenvalue weighted by Gasteiger charge is -2.18. The summed E-state index contributed by atoms with van der Waals surface area (Å²) in [5.74, 6) is 0. The molecule has 0 amide bonds. The molecule has 0 N–H and O–H groups in total. The van der Waals surface area contributed by atoms with Crippen molar-refractivity contribution < 1.29 is 13.3 Å². The van der Waals surface area contributed by atoms with E-state index >= 15 is 0 Å². The first-order chi connectivity index (χ1) is 4.68. The normalized spacial score (nSPS) is 10.5. The van der Waals surface area contributed by atoms with Gasteiger partial charge in [0.15, 0.2) is 0 Å². The molecule has 0 aliphatic carbocycles. The second-order valence-corrected chi connectivity index (χ2v) is 4.42. The summed E-state index contributed by atoms with van der Waals surface area (Å²) in [6, 6.07) is 0. The quantitative estimate of drug-likeness (QED) is 0.477. The average Bonchev–Trinajstić information content (AvgIpc) is 2.07. The minimum Gasteiger partial charge on any atom is -0.377 e. The Kier molecular flexibility index (Phi) is 10.2. The second kappa shape index (κ2) is 7.71. The van der Waals surface area contributed by atoms with E-state index < -0.39 is 8.80 Å². The number of halogens is 1. The van der Waals surface area contributed by atoms with Gasteiger partial charge in [-0.2, -0.15) is 11.1 Å². The van der Waals surface area contributed by atoms with Gasteiger partial charge in [0.1, 0.15) is 9.55 Å². The summed E-state index contributed by atoms with van der Waals surface area (Å²) in [7, 11) is 3.35. The van der Waals surface area contributed by atoms with E-state index in [-0.39, 0.29) is 0 Å². The van der Waals surface area contributed by atoms with E-state index in [0.717, 1.165) is 9.55 Å². The Morgan fingerprint density at radius 3 is 1.20 bits per heavy atom. The maximum absolute atomic E-state index is 4.93. The van der Waals surface area contributed by atoms with E-state index in [1.54, 1.807) is 21.3 Å². The fraction of sp³-hybridized carbons (Fsp3) is 1.00. The molecule has 0 spiro atoms. The zero-order valence-electron chi connectivity index (χ0n) is 7.10. The van der Waals surface area contributed by atoms with Crippen molar-refractivity contribution in [2.24, 2.45) is 0 Å². The van der Waals surface area contributed by atoms with E-state index in [1.807, 2.05) is 6.55 Å². The van der Waals surface area contributed by atoms with Crippen LogP contribution in [0.2, 0.25) is 6.55 Å². The number of rotatable bonds is 3. The van der Waals surface area contributed by atoms with Gasteiger partial charge in [0.2, 0.25) is 0 Å². The summed E-state index contributed by atoms with van der Waals surface area (Å²) in [6.45, 7) is 1.83. The van der Waals surface area contributed by atoms with Crippen LogP contribution in [0.25, 0.3) is 0 Å². The summed E-state index contributed by atoms with van der Waals surface area (Å²) in [5.41, 5.74) is 0. The van der Waals surface area contributed by atoms with Crippen LogP contribution in [0.5, 0.6) is 0 Å². The highest BCUT2D eigenvalue weighted by atomic mass is 35.6. The largest absolute Gasteiger partial charge is 0.496 e. The lowest BCUT2D eigenvalue weighted by molar-refractivity contribution is 0.132. The summed E-state index contributed by atoms with van der Waals surface area (Å²) in [4.78, 5) is 0. The second-order valence-electron chi connectivity index (χ2n) is 1.47. The van der Waals surface area contributed by atoms with Gasteiger partial charge in [-0.1, -0.05) is 0 Å². The Bertz CT molecular complexity index is 61.3. The van der Waals surface area contributed by atoms with Crippen LogP contribution < -0.4 is 0 Å². The maximum atomic E-state index is 4.93. The molecule has 0 heterocycles. The monoisotopic (exact) mass is 202 g/mol. The standard InChI is InChI=1S/C4H12O3Si.ClH3Si/c1-5-8(4,6-2)7-3;1-2/h1-4H3;2H3. The highest BCUT2D eigenvalue weighted by Crippen LogP contribution is 2.02. The maximum Gasteiger partial charge on any atom is 0.496 e. The highest BCUT2D eigenvalue weighted by Gasteiger charge is 2.29. The molecule has 0 atom stereocenters. The third kappa shape index (κ3) is 5.39. The molecule has 0 rings (SSSR count). The zero-order chi connectivity index (χ0) is 8.62. The highest BCUT2D eigenvalue weighted by molar-refractivity contribution is 6.80. The molecule has 64 valence electrons. The third-order valence-electron chi connectivity index (χ3n) is 1.11. The Labute approximate surface area is 71.1 Å². The molecule has 0 saturated heterocycles.